The van der Waals surface area contributed by atoms with Gasteiger partial charge in [-0.3, -0.25) is 9.78 Å². The zero-order valence-electron chi connectivity index (χ0n) is 10.3. The van der Waals surface area contributed by atoms with Gasteiger partial charge in [0.25, 0.3) is 5.91 Å². The maximum atomic E-state index is 11.9. The van der Waals surface area contributed by atoms with E-state index in [0.29, 0.717) is 11.3 Å². The van der Waals surface area contributed by atoms with Gasteiger partial charge in [-0.05, 0) is 36.8 Å². The Morgan fingerprint density at radius 1 is 1.16 bits per heavy atom. The quantitative estimate of drug-likeness (QED) is 0.883. The number of nitrogens with zero attached hydrogens (tertiary/aromatic N) is 1. The number of benzene rings is 1. The summed E-state index contributed by atoms with van der Waals surface area (Å²) < 4.78 is 0. The molecule has 0 aliphatic carbocycles. The van der Waals surface area contributed by atoms with Crippen molar-refractivity contribution in [3.05, 3.63) is 59.4 Å². The average Bonchev–Trinajstić information content (AvgIpc) is 2.39. The zero-order chi connectivity index (χ0) is 13.8. The molecule has 19 heavy (non-hydrogen) atoms. The molecule has 1 amide bonds. The van der Waals surface area contributed by atoms with E-state index in [4.69, 9.17) is 5.11 Å². The minimum atomic E-state index is -1.03. The first-order valence-corrected chi connectivity index (χ1v) is 5.62. The summed E-state index contributed by atoms with van der Waals surface area (Å²) in [7, 11) is 0. The van der Waals surface area contributed by atoms with E-state index in [1.54, 1.807) is 24.4 Å². The van der Waals surface area contributed by atoms with Gasteiger partial charge in [-0.25, -0.2) is 4.79 Å². The molecule has 0 saturated carbocycles. The normalized spacial score (nSPS) is 9.95. The van der Waals surface area contributed by atoms with Crippen molar-refractivity contribution in [3.8, 4) is 0 Å². The van der Waals surface area contributed by atoms with Gasteiger partial charge in [0.15, 0.2) is 0 Å². The van der Waals surface area contributed by atoms with Crippen molar-refractivity contribution in [1.29, 1.82) is 0 Å². The van der Waals surface area contributed by atoms with Crippen LogP contribution >= 0.6 is 0 Å². The van der Waals surface area contributed by atoms with Crippen LogP contribution in [-0.4, -0.2) is 22.0 Å². The molecule has 0 unspecified atom stereocenters. The van der Waals surface area contributed by atoms with Crippen LogP contribution in [0, 0.1) is 6.92 Å². The summed E-state index contributed by atoms with van der Waals surface area (Å²) in [5.74, 6) is -1.35. The van der Waals surface area contributed by atoms with Crippen LogP contribution in [0.15, 0.2) is 42.7 Å². The maximum absolute atomic E-state index is 11.9. The summed E-state index contributed by atoms with van der Waals surface area (Å²) in [5.41, 5.74) is 1.87. The largest absolute Gasteiger partial charge is 0.478 e. The Hall–Kier alpha value is -2.69. The van der Waals surface area contributed by atoms with Crippen LogP contribution in [0.4, 0.5) is 5.69 Å². The lowest BCUT2D eigenvalue weighted by Crippen LogP contribution is -2.12. The number of aromatic nitrogens is 1. The van der Waals surface area contributed by atoms with E-state index in [2.05, 4.69) is 10.3 Å². The number of hydrogen-bond donors (Lipinski definition) is 2. The number of nitrogens with one attached hydrogen (secondary N) is 1. The number of rotatable bonds is 3. The molecule has 2 aromatic rings. The molecule has 0 bridgehead atoms. The first-order chi connectivity index (χ1) is 9.06. The van der Waals surface area contributed by atoms with E-state index in [9.17, 15) is 9.59 Å². The minimum Gasteiger partial charge on any atom is -0.478 e. The Morgan fingerprint density at radius 3 is 2.63 bits per heavy atom. The van der Waals surface area contributed by atoms with Gasteiger partial charge in [0, 0.05) is 18.1 Å². The molecule has 0 saturated heterocycles. The third-order valence-electron chi connectivity index (χ3n) is 2.50. The molecule has 2 rings (SSSR count). The second-order valence-corrected chi connectivity index (χ2v) is 4.09. The lowest BCUT2D eigenvalue weighted by molar-refractivity contribution is 0.0696. The van der Waals surface area contributed by atoms with E-state index < -0.39 is 5.97 Å². The van der Waals surface area contributed by atoms with Gasteiger partial charge < -0.3 is 10.4 Å². The summed E-state index contributed by atoms with van der Waals surface area (Å²) in [4.78, 5) is 26.7. The standard InChI is InChI=1S/C14H12N2O3/c1-9-5-11(8-15-7-9)13(17)16-12-4-2-3-10(6-12)14(18)19/h2-8H,1H3,(H,16,17)(H,18,19). The highest BCUT2D eigenvalue weighted by atomic mass is 16.4. The number of carbonyl (C=O) groups excluding carboxylic acids is 1. The minimum absolute atomic E-state index is 0.125. The van der Waals surface area contributed by atoms with Crippen molar-refractivity contribution in [2.75, 3.05) is 5.32 Å². The number of anilines is 1. The van der Waals surface area contributed by atoms with E-state index in [1.807, 2.05) is 6.92 Å². The molecule has 2 N–H and O–H groups in total. The van der Waals surface area contributed by atoms with Crippen molar-refractivity contribution < 1.29 is 14.7 Å². The SMILES string of the molecule is Cc1cncc(C(=O)Nc2cccc(C(=O)O)c2)c1. The number of carbonyl (C=O) groups is 2. The van der Waals surface area contributed by atoms with Crippen LogP contribution in [0.3, 0.4) is 0 Å². The van der Waals surface area contributed by atoms with Crippen LogP contribution in [0.5, 0.6) is 0 Å². The second kappa shape index (κ2) is 5.30. The Bertz CT molecular complexity index is 638. The average molecular weight is 256 g/mol. The van der Waals surface area contributed by atoms with Crippen LogP contribution in [0.1, 0.15) is 26.3 Å². The zero-order valence-corrected chi connectivity index (χ0v) is 10.3. The predicted molar refractivity (Wildman–Crippen MR) is 70.3 cm³/mol. The van der Waals surface area contributed by atoms with Crippen molar-refractivity contribution in [2.24, 2.45) is 0 Å². The summed E-state index contributed by atoms with van der Waals surface area (Å²) >= 11 is 0. The number of amides is 1. The van der Waals surface area contributed by atoms with Crippen LogP contribution < -0.4 is 5.32 Å². The fourth-order valence-electron chi connectivity index (χ4n) is 1.61. The van der Waals surface area contributed by atoms with Crippen molar-refractivity contribution in [1.82, 2.24) is 4.98 Å². The van der Waals surface area contributed by atoms with Gasteiger partial charge in [0.1, 0.15) is 0 Å². The first kappa shape index (κ1) is 12.8. The lowest BCUT2D eigenvalue weighted by Gasteiger charge is -2.06. The van der Waals surface area contributed by atoms with Gasteiger partial charge in [0.2, 0.25) is 0 Å². The molecular formula is C14H12N2O3. The second-order valence-electron chi connectivity index (χ2n) is 4.09. The van der Waals surface area contributed by atoms with Crippen molar-refractivity contribution in [2.45, 2.75) is 6.92 Å². The fraction of sp³-hybridized carbons (Fsp3) is 0.0714. The number of carboxylic acids is 1. The Morgan fingerprint density at radius 2 is 1.95 bits per heavy atom. The number of pyridine rings is 1. The molecule has 0 spiro atoms. The Kier molecular flexibility index (Phi) is 3.56. The molecule has 96 valence electrons. The third-order valence-corrected chi connectivity index (χ3v) is 2.50. The summed E-state index contributed by atoms with van der Waals surface area (Å²) in [6, 6.07) is 7.79. The molecule has 0 aliphatic rings. The number of aromatic carboxylic acids is 1. The van der Waals surface area contributed by atoms with Gasteiger partial charge in [0.05, 0.1) is 11.1 Å². The summed E-state index contributed by atoms with van der Waals surface area (Å²) in [6.45, 7) is 1.84. The third kappa shape index (κ3) is 3.16. The Balaban J connectivity index is 2.19. The van der Waals surface area contributed by atoms with Crippen molar-refractivity contribution in [3.63, 3.8) is 0 Å². The topological polar surface area (TPSA) is 79.3 Å². The van der Waals surface area contributed by atoms with Gasteiger partial charge in [-0.1, -0.05) is 6.07 Å². The van der Waals surface area contributed by atoms with Crippen LogP contribution in [0.2, 0.25) is 0 Å². The van der Waals surface area contributed by atoms with Crippen LogP contribution in [-0.2, 0) is 0 Å². The smallest absolute Gasteiger partial charge is 0.335 e. The van der Waals surface area contributed by atoms with E-state index in [-0.39, 0.29) is 11.5 Å². The predicted octanol–water partition coefficient (Wildman–Crippen LogP) is 2.34. The number of carboxylic acid groups (broad SMARTS) is 1. The summed E-state index contributed by atoms with van der Waals surface area (Å²) in [6.07, 6.45) is 3.12. The van der Waals surface area contributed by atoms with Gasteiger partial charge >= 0.3 is 5.97 Å². The maximum Gasteiger partial charge on any atom is 0.335 e. The molecule has 1 aromatic heterocycles. The highest BCUT2D eigenvalue weighted by Gasteiger charge is 2.08. The Labute approximate surface area is 109 Å². The molecule has 1 aromatic carbocycles. The fourth-order valence-corrected chi connectivity index (χ4v) is 1.61. The molecular weight excluding hydrogens is 244 g/mol. The molecule has 0 atom stereocenters. The van der Waals surface area contributed by atoms with E-state index in [1.165, 1.54) is 18.3 Å². The number of aryl methyl sites for hydroxylation is 1. The van der Waals surface area contributed by atoms with Crippen LogP contribution in [0.25, 0.3) is 0 Å². The number of hydrogen-bond acceptors (Lipinski definition) is 3. The first-order valence-electron chi connectivity index (χ1n) is 5.62. The van der Waals surface area contributed by atoms with Crippen molar-refractivity contribution >= 4 is 17.6 Å². The van der Waals surface area contributed by atoms with E-state index in [0.717, 1.165) is 5.56 Å². The molecule has 0 radical (unpaired) electrons. The lowest BCUT2D eigenvalue weighted by atomic mass is 10.2. The summed E-state index contributed by atoms with van der Waals surface area (Å²) in [5, 5.41) is 11.5. The van der Waals surface area contributed by atoms with Gasteiger partial charge in [-0.2, -0.15) is 0 Å². The highest BCUT2D eigenvalue weighted by molar-refractivity contribution is 6.04. The monoisotopic (exact) mass is 256 g/mol. The molecule has 5 heteroatoms. The molecule has 1 heterocycles. The highest BCUT2D eigenvalue weighted by Crippen LogP contribution is 2.12. The molecule has 5 nitrogen and oxygen atoms in total. The van der Waals surface area contributed by atoms with Gasteiger partial charge in [-0.15, -0.1) is 0 Å². The molecule has 0 aliphatic heterocycles. The molecule has 0 fully saturated rings. The van der Waals surface area contributed by atoms with E-state index >= 15 is 0 Å².